The molecule has 0 saturated heterocycles. The van der Waals surface area contributed by atoms with Crippen LogP contribution in [0, 0.1) is 0 Å². The van der Waals surface area contributed by atoms with Gasteiger partial charge in [-0.1, -0.05) is 24.3 Å². The van der Waals surface area contributed by atoms with E-state index in [0.717, 1.165) is 11.1 Å². The highest BCUT2D eigenvalue weighted by atomic mass is 16.2. The molecular formula is C17H18N4O3. The van der Waals surface area contributed by atoms with Gasteiger partial charge >= 0.3 is 11.8 Å². The van der Waals surface area contributed by atoms with Crippen LogP contribution in [0.2, 0.25) is 0 Å². The van der Waals surface area contributed by atoms with E-state index in [1.807, 2.05) is 24.3 Å². The number of benzene rings is 2. The van der Waals surface area contributed by atoms with E-state index >= 15 is 0 Å². The van der Waals surface area contributed by atoms with Gasteiger partial charge in [-0.15, -0.1) is 0 Å². The quantitative estimate of drug-likeness (QED) is 0.596. The number of hydrogen-bond acceptors (Lipinski definition) is 4. The van der Waals surface area contributed by atoms with Gasteiger partial charge in [0.25, 0.3) is 0 Å². The van der Waals surface area contributed by atoms with Crippen LogP contribution in [0.25, 0.3) is 0 Å². The molecule has 0 unspecified atom stereocenters. The minimum Gasteiger partial charge on any atom is -0.366 e. The van der Waals surface area contributed by atoms with E-state index in [4.69, 9.17) is 11.5 Å². The van der Waals surface area contributed by atoms with Crippen molar-refractivity contribution in [1.29, 1.82) is 0 Å². The molecule has 124 valence electrons. The molecular weight excluding hydrogens is 308 g/mol. The molecule has 7 nitrogen and oxygen atoms in total. The Labute approximate surface area is 139 Å². The van der Waals surface area contributed by atoms with Gasteiger partial charge < -0.3 is 22.1 Å². The van der Waals surface area contributed by atoms with Crippen LogP contribution in [0.1, 0.15) is 21.5 Å². The number of anilines is 1. The Morgan fingerprint density at radius 1 is 0.917 bits per heavy atom. The van der Waals surface area contributed by atoms with Crippen LogP contribution in [0.15, 0.2) is 48.5 Å². The predicted octanol–water partition coefficient (Wildman–Crippen LogP) is 0.499. The topological polar surface area (TPSA) is 127 Å². The third-order valence-corrected chi connectivity index (χ3v) is 3.31. The predicted molar refractivity (Wildman–Crippen MR) is 89.8 cm³/mol. The minimum absolute atomic E-state index is 0.223. The second kappa shape index (κ2) is 7.89. The van der Waals surface area contributed by atoms with Crippen LogP contribution in [0.4, 0.5) is 5.69 Å². The summed E-state index contributed by atoms with van der Waals surface area (Å²) in [6.45, 7) is 0.629. The number of nitrogens with two attached hydrogens (primary N) is 2. The van der Waals surface area contributed by atoms with Gasteiger partial charge in [0.05, 0.1) is 0 Å². The van der Waals surface area contributed by atoms with Crippen molar-refractivity contribution < 1.29 is 14.4 Å². The standard InChI is InChI=1S/C17H18N4O3/c18-9-11-2-1-3-12(8-11)10-20-16(23)17(24)21-14-6-4-13(5-7-14)15(19)22/h1-8H,9-10,18H2,(H2,19,22)(H,20,23)(H,21,24). The number of primary amides is 1. The van der Waals surface area contributed by atoms with Crippen LogP contribution in [-0.4, -0.2) is 17.7 Å². The maximum atomic E-state index is 11.8. The first-order valence-electron chi connectivity index (χ1n) is 7.26. The molecule has 0 radical (unpaired) electrons. The van der Waals surface area contributed by atoms with Gasteiger partial charge in [0.2, 0.25) is 5.91 Å². The van der Waals surface area contributed by atoms with Crippen molar-refractivity contribution in [1.82, 2.24) is 5.32 Å². The molecule has 0 fully saturated rings. The molecule has 0 spiro atoms. The Kier molecular flexibility index (Phi) is 5.64. The molecule has 0 heterocycles. The molecule has 2 aromatic carbocycles. The molecule has 0 aromatic heterocycles. The van der Waals surface area contributed by atoms with Crippen molar-refractivity contribution in [2.24, 2.45) is 11.5 Å². The zero-order valence-electron chi connectivity index (χ0n) is 12.9. The highest BCUT2D eigenvalue weighted by Crippen LogP contribution is 2.09. The van der Waals surface area contributed by atoms with E-state index in [9.17, 15) is 14.4 Å². The summed E-state index contributed by atoms with van der Waals surface area (Å²) in [6, 6.07) is 13.3. The van der Waals surface area contributed by atoms with E-state index in [0.29, 0.717) is 17.8 Å². The van der Waals surface area contributed by atoms with E-state index in [1.165, 1.54) is 24.3 Å². The Morgan fingerprint density at radius 3 is 2.21 bits per heavy atom. The first-order chi connectivity index (χ1) is 11.5. The maximum Gasteiger partial charge on any atom is 0.313 e. The third-order valence-electron chi connectivity index (χ3n) is 3.31. The Hall–Kier alpha value is -3.19. The second-order valence-electron chi connectivity index (χ2n) is 5.10. The van der Waals surface area contributed by atoms with Crippen molar-refractivity contribution in [3.63, 3.8) is 0 Å². The number of rotatable bonds is 5. The summed E-state index contributed by atoms with van der Waals surface area (Å²) < 4.78 is 0. The molecule has 0 aliphatic rings. The van der Waals surface area contributed by atoms with E-state index in [-0.39, 0.29) is 6.54 Å². The number of amides is 3. The fraction of sp³-hybridized carbons (Fsp3) is 0.118. The van der Waals surface area contributed by atoms with Gasteiger partial charge in [-0.2, -0.15) is 0 Å². The van der Waals surface area contributed by atoms with Crippen molar-refractivity contribution in [3.05, 3.63) is 65.2 Å². The summed E-state index contributed by atoms with van der Waals surface area (Å²) in [5.41, 5.74) is 13.2. The SMILES string of the molecule is NCc1cccc(CNC(=O)C(=O)Nc2ccc(C(N)=O)cc2)c1. The molecule has 2 rings (SSSR count). The van der Waals surface area contributed by atoms with Crippen molar-refractivity contribution in [2.75, 3.05) is 5.32 Å². The smallest absolute Gasteiger partial charge is 0.313 e. The molecule has 0 saturated carbocycles. The van der Waals surface area contributed by atoms with Crippen LogP contribution in [-0.2, 0) is 22.7 Å². The summed E-state index contributed by atoms with van der Waals surface area (Å²) in [5.74, 6) is -2.12. The fourth-order valence-electron chi connectivity index (χ4n) is 2.03. The highest BCUT2D eigenvalue weighted by molar-refractivity contribution is 6.39. The van der Waals surface area contributed by atoms with E-state index in [1.54, 1.807) is 0 Å². The lowest BCUT2D eigenvalue weighted by Crippen LogP contribution is -2.35. The summed E-state index contributed by atoms with van der Waals surface area (Å²) >= 11 is 0. The Balaban J connectivity index is 1.89. The van der Waals surface area contributed by atoms with Gasteiger partial charge in [-0.05, 0) is 35.4 Å². The maximum absolute atomic E-state index is 11.8. The van der Waals surface area contributed by atoms with Gasteiger partial charge in [0.15, 0.2) is 0 Å². The van der Waals surface area contributed by atoms with Crippen LogP contribution < -0.4 is 22.1 Å². The number of nitrogens with one attached hydrogen (secondary N) is 2. The lowest BCUT2D eigenvalue weighted by molar-refractivity contribution is -0.136. The lowest BCUT2D eigenvalue weighted by atomic mass is 10.1. The molecule has 0 atom stereocenters. The largest absolute Gasteiger partial charge is 0.366 e. The van der Waals surface area contributed by atoms with Crippen molar-refractivity contribution in [2.45, 2.75) is 13.1 Å². The van der Waals surface area contributed by atoms with Gasteiger partial charge in [0, 0.05) is 24.3 Å². The fourth-order valence-corrected chi connectivity index (χ4v) is 2.03. The first kappa shape index (κ1) is 17.2. The Morgan fingerprint density at radius 2 is 1.58 bits per heavy atom. The third kappa shape index (κ3) is 4.65. The van der Waals surface area contributed by atoms with Crippen LogP contribution in [0.3, 0.4) is 0 Å². The van der Waals surface area contributed by atoms with Crippen molar-refractivity contribution >= 4 is 23.4 Å². The average molecular weight is 326 g/mol. The zero-order chi connectivity index (χ0) is 17.5. The summed E-state index contributed by atoms with van der Waals surface area (Å²) in [6.07, 6.45) is 0. The average Bonchev–Trinajstić information content (AvgIpc) is 2.60. The molecule has 3 amide bonds. The first-order valence-corrected chi connectivity index (χ1v) is 7.26. The van der Waals surface area contributed by atoms with E-state index in [2.05, 4.69) is 10.6 Å². The number of hydrogen-bond donors (Lipinski definition) is 4. The summed E-state index contributed by atoms with van der Waals surface area (Å²) in [5, 5.41) is 4.98. The lowest BCUT2D eigenvalue weighted by Gasteiger charge is -2.08. The molecule has 6 N–H and O–H groups in total. The number of carbonyl (C=O) groups is 3. The number of carbonyl (C=O) groups excluding carboxylic acids is 3. The summed E-state index contributed by atoms with van der Waals surface area (Å²) in [7, 11) is 0. The molecule has 2 aromatic rings. The molecule has 0 aliphatic carbocycles. The van der Waals surface area contributed by atoms with Gasteiger partial charge in [-0.3, -0.25) is 14.4 Å². The van der Waals surface area contributed by atoms with Gasteiger partial charge in [-0.25, -0.2) is 0 Å². The highest BCUT2D eigenvalue weighted by Gasteiger charge is 2.13. The second-order valence-corrected chi connectivity index (χ2v) is 5.10. The molecule has 24 heavy (non-hydrogen) atoms. The summed E-state index contributed by atoms with van der Waals surface area (Å²) in [4.78, 5) is 34.6. The van der Waals surface area contributed by atoms with Crippen molar-refractivity contribution in [3.8, 4) is 0 Å². The van der Waals surface area contributed by atoms with Crippen LogP contribution >= 0.6 is 0 Å². The minimum atomic E-state index is -0.795. The Bertz CT molecular complexity index is 757. The zero-order valence-corrected chi connectivity index (χ0v) is 12.9. The molecule has 7 heteroatoms. The van der Waals surface area contributed by atoms with Gasteiger partial charge in [0.1, 0.15) is 0 Å². The van der Waals surface area contributed by atoms with E-state index < -0.39 is 17.7 Å². The monoisotopic (exact) mass is 326 g/mol. The molecule has 0 aliphatic heterocycles. The van der Waals surface area contributed by atoms with Crippen LogP contribution in [0.5, 0.6) is 0 Å². The molecule has 0 bridgehead atoms. The normalized spacial score (nSPS) is 10.0.